The van der Waals surface area contributed by atoms with Crippen LogP contribution < -0.4 is 20.3 Å². The van der Waals surface area contributed by atoms with Gasteiger partial charge in [-0.15, -0.1) is 0 Å². The van der Waals surface area contributed by atoms with Crippen LogP contribution in [0.25, 0.3) is 0 Å². The molecule has 21 heavy (non-hydrogen) atoms. The van der Waals surface area contributed by atoms with E-state index in [0.717, 1.165) is 17.1 Å². The number of benzene rings is 1. The van der Waals surface area contributed by atoms with E-state index >= 15 is 0 Å². The molecular formula is C16H18N2O3. The van der Waals surface area contributed by atoms with Crippen LogP contribution in [-0.2, 0) is 6.54 Å². The van der Waals surface area contributed by atoms with Crippen molar-refractivity contribution in [2.75, 3.05) is 20.3 Å². The predicted octanol–water partition coefficient (Wildman–Crippen LogP) is 1.58. The first-order valence-corrected chi connectivity index (χ1v) is 7.00. The molecule has 5 nitrogen and oxygen atoms in total. The Bertz CT molecular complexity index is 681. The van der Waals surface area contributed by atoms with Crippen molar-refractivity contribution in [2.24, 2.45) is 0 Å². The SMILES string of the molecule is CNC(Cn1ccccc1=O)c1ccc2c(c1)OCCO2. The molecule has 1 unspecified atom stereocenters. The zero-order chi connectivity index (χ0) is 14.7. The highest BCUT2D eigenvalue weighted by molar-refractivity contribution is 5.44. The van der Waals surface area contributed by atoms with E-state index in [4.69, 9.17) is 9.47 Å². The Balaban J connectivity index is 1.86. The molecule has 1 atom stereocenters. The molecule has 0 aliphatic carbocycles. The number of fused-ring (bicyclic) bond motifs is 1. The minimum atomic E-state index is -0.00436. The Morgan fingerprint density at radius 1 is 1.19 bits per heavy atom. The quantitative estimate of drug-likeness (QED) is 0.927. The van der Waals surface area contributed by atoms with Crippen molar-refractivity contribution < 1.29 is 9.47 Å². The number of hydrogen-bond acceptors (Lipinski definition) is 4. The van der Waals surface area contributed by atoms with Crippen LogP contribution in [0.3, 0.4) is 0 Å². The van der Waals surface area contributed by atoms with E-state index in [1.54, 1.807) is 22.9 Å². The summed E-state index contributed by atoms with van der Waals surface area (Å²) in [5.74, 6) is 1.54. The summed E-state index contributed by atoms with van der Waals surface area (Å²) >= 11 is 0. The van der Waals surface area contributed by atoms with Crippen molar-refractivity contribution in [3.05, 3.63) is 58.5 Å². The molecule has 1 aliphatic heterocycles. The second-order valence-electron chi connectivity index (χ2n) is 4.94. The molecule has 0 saturated heterocycles. The van der Waals surface area contributed by atoms with Crippen LogP contribution in [0.2, 0.25) is 0 Å². The number of ether oxygens (including phenoxy) is 2. The van der Waals surface area contributed by atoms with Crippen molar-refractivity contribution >= 4 is 0 Å². The minimum absolute atomic E-state index is 0.00436. The third-order valence-corrected chi connectivity index (χ3v) is 3.60. The zero-order valence-corrected chi connectivity index (χ0v) is 11.9. The first-order chi connectivity index (χ1) is 10.3. The number of nitrogens with zero attached hydrogens (tertiary/aromatic N) is 1. The lowest BCUT2D eigenvalue weighted by molar-refractivity contribution is 0.171. The highest BCUT2D eigenvalue weighted by atomic mass is 16.6. The van der Waals surface area contributed by atoms with Gasteiger partial charge in [0.15, 0.2) is 11.5 Å². The third-order valence-electron chi connectivity index (χ3n) is 3.60. The van der Waals surface area contributed by atoms with Crippen molar-refractivity contribution in [1.82, 2.24) is 9.88 Å². The van der Waals surface area contributed by atoms with Gasteiger partial charge in [0.1, 0.15) is 13.2 Å². The molecule has 0 spiro atoms. The van der Waals surface area contributed by atoms with E-state index in [1.165, 1.54) is 0 Å². The second-order valence-corrected chi connectivity index (χ2v) is 4.94. The summed E-state index contributed by atoms with van der Waals surface area (Å²) in [4.78, 5) is 11.8. The summed E-state index contributed by atoms with van der Waals surface area (Å²) in [5, 5.41) is 3.24. The molecule has 0 saturated carbocycles. The van der Waals surface area contributed by atoms with Gasteiger partial charge in [-0.3, -0.25) is 4.79 Å². The molecular weight excluding hydrogens is 268 g/mol. The maximum atomic E-state index is 11.8. The van der Waals surface area contributed by atoms with Gasteiger partial charge >= 0.3 is 0 Å². The normalized spacial score (nSPS) is 14.7. The lowest BCUT2D eigenvalue weighted by Gasteiger charge is -2.22. The molecule has 1 aromatic heterocycles. The Hall–Kier alpha value is -2.27. The van der Waals surface area contributed by atoms with Gasteiger partial charge in [-0.2, -0.15) is 0 Å². The van der Waals surface area contributed by atoms with Gasteiger partial charge in [-0.05, 0) is 30.8 Å². The number of hydrogen-bond donors (Lipinski definition) is 1. The minimum Gasteiger partial charge on any atom is -0.486 e. The van der Waals surface area contributed by atoms with Crippen molar-refractivity contribution in [1.29, 1.82) is 0 Å². The first-order valence-electron chi connectivity index (χ1n) is 7.00. The van der Waals surface area contributed by atoms with E-state index in [-0.39, 0.29) is 11.6 Å². The van der Waals surface area contributed by atoms with Gasteiger partial charge in [0.25, 0.3) is 5.56 Å². The largest absolute Gasteiger partial charge is 0.486 e. The molecule has 2 aromatic rings. The molecule has 5 heteroatoms. The number of aromatic nitrogens is 1. The Labute approximate surface area is 123 Å². The first kappa shape index (κ1) is 13.7. The average Bonchev–Trinajstić information content (AvgIpc) is 2.54. The molecule has 0 radical (unpaired) electrons. The monoisotopic (exact) mass is 286 g/mol. The molecule has 2 heterocycles. The fourth-order valence-electron chi connectivity index (χ4n) is 2.45. The lowest BCUT2D eigenvalue weighted by Crippen LogP contribution is -2.28. The van der Waals surface area contributed by atoms with Gasteiger partial charge in [-0.1, -0.05) is 12.1 Å². The molecule has 0 fully saturated rings. The summed E-state index contributed by atoms with van der Waals surface area (Å²) in [5.41, 5.74) is 1.06. The summed E-state index contributed by atoms with van der Waals surface area (Å²) < 4.78 is 12.8. The van der Waals surface area contributed by atoms with Gasteiger partial charge in [0.05, 0.1) is 6.04 Å². The molecule has 110 valence electrons. The average molecular weight is 286 g/mol. The smallest absolute Gasteiger partial charge is 0.250 e. The van der Waals surface area contributed by atoms with E-state index < -0.39 is 0 Å². The fraction of sp³-hybridized carbons (Fsp3) is 0.312. The van der Waals surface area contributed by atoms with E-state index in [1.807, 2.05) is 31.3 Å². The summed E-state index contributed by atoms with van der Waals surface area (Å²) in [7, 11) is 1.88. The number of rotatable bonds is 4. The number of pyridine rings is 1. The Kier molecular flexibility index (Phi) is 3.92. The number of likely N-dealkylation sites (N-methyl/N-ethyl adjacent to an activating group) is 1. The second kappa shape index (κ2) is 6.01. The topological polar surface area (TPSA) is 52.5 Å². The van der Waals surface area contributed by atoms with Crippen LogP contribution in [0, 0.1) is 0 Å². The van der Waals surface area contributed by atoms with Crippen molar-refractivity contribution in [3.63, 3.8) is 0 Å². The molecule has 0 amide bonds. The molecule has 1 N–H and O–H groups in total. The van der Waals surface area contributed by atoms with Crippen LogP contribution in [0.5, 0.6) is 11.5 Å². The molecule has 3 rings (SSSR count). The maximum Gasteiger partial charge on any atom is 0.250 e. The van der Waals surface area contributed by atoms with E-state index in [0.29, 0.717) is 19.8 Å². The van der Waals surface area contributed by atoms with Gasteiger partial charge in [0.2, 0.25) is 0 Å². The summed E-state index contributed by atoms with van der Waals surface area (Å²) in [6, 6.07) is 11.1. The van der Waals surface area contributed by atoms with Crippen LogP contribution in [0.15, 0.2) is 47.4 Å². The van der Waals surface area contributed by atoms with E-state index in [9.17, 15) is 4.79 Å². The van der Waals surface area contributed by atoms with Crippen molar-refractivity contribution in [2.45, 2.75) is 12.6 Å². The predicted molar refractivity (Wildman–Crippen MR) is 79.9 cm³/mol. The van der Waals surface area contributed by atoms with Crippen LogP contribution in [0.1, 0.15) is 11.6 Å². The van der Waals surface area contributed by atoms with Crippen LogP contribution in [-0.4, -0.2) is 24.8 Å². The van der Waals surface area contributed by atoms with E-state index in [2.05, 4.69) is 5.32 Å². The summed E-state index contributed by atoms with van der Waals surface area (Å²) in [6.45, 7) is 1.72. The summed E-state index contributed by atoms with van der Waals surface area (Å²) in [6.07, 6.45) is 1.80. The zero-order valence-electron chi connectivity index (χ0n) is 11.9. The maximum absolute atomic E-state index is 11.8. The molecule has 1 aromatic carbocycles. The van der Waals surface area contributed by atoms with Crippen LogP contribution in [0.4, 0.5) is 0 Å². The molecule has 0 bridgehead atoms. The van der Waals surface area contributed by atoms with Crippen LogP contribution >= 0.6 is 0 Å². The molecule has 1 aliphatic rings. The Morgan fingerprint density at radius 3 is 2.76 bits per heavy atom. The van der Waals surface area contributed by atoms with Gasteiger partial charge in [0, 0.05) is 18.8 Å². The highest BCUT2D eigenvalue weighted by Gasteiger charge is 2.16. The number of nitrogens with one attached hydrogen (secondary N) is 1. The third kappa shape index (κ3) is 2.92. The van der Waals surface area contributed by atoms with Gasteiger partial charge in [-0.25, -0.2) is 0 Å². The van der Waals surface area contributed by atoms with Crippen molar-refractivity contribution in [3.8, 4) is 11.5 Å². The Morgan fingerprint density at radius 2 is 2.00 bits per heavy atom. The lowest BCUT2D eigenvalue weighted by atomic mass is 10.1. The van der Waals surface area contributed by atoms with Gasteiger partial charge < -0.3 is 19.4 Å². The fourth-order valence-corrected chi connectivity index (χ4v) is 2.45. The highest BCUT2D eigenvalue weighted by Crippen LogP contribution is 2.32. The standard InChI is InChI=1S/C16H18N2O3/c1-17-13(11-18-7-3-2-4-16(18)19)12-5-6-14-15(10-12)21-9-8-20-14/h2-7,10,13,17H,8-9,11H2,1H3.